The Hall–Kier alpha value is -3.77. The topological polar surface area (TPSA) is 109 Å². The summed E-state index contributed by atoms with van der Waals surface area (Å²) in [5, 5.41) is 10.3. The summed E-state index contributed by atoms with van der Waals surface area (Å²) >= 11 is 0. The van der Waals surface area contributed by atoms with Crippen molar-refractivity contribution in [2.45, 2.75) is 24.0 Å². The molecule has 0 spiro atoms. The monoisotopic (exact) mass is 439 g/mol. The summed E-state index contributed by atoms with van der Waals surface area (Å²) < 4.78 is 44.0. The Morgan fingerprint density at radius 1 is 1.19 bits per heavy atom. The maximum atomic E-state index is 13.1. The van der Waals surface area contributed by atoms with Crippen LogP contribution in [-0.4, -0.2) is 24.6 Å². The Morgan fingerprint density at radius 3 is 2.55 bits per heavy atom. The highest BCUT2D eigenvalue weighted by Crippen LogP contribution is 2.27. The van der Waals surface area contributed by atoms with E-state index in [-0.39, 0.29) is 16.3 Å². The zero-order chi connectivity index (χ0) is 22.6. The molecule has 0 saturated heterocycles. The molecule has 0 radical (unpaired) electrons. The molecule has 1 unspecified atom stereocenters. The number of carbonyl (C=O) groups is 1. The van der Waals surface area contributed by atoms with Gasteiger partial charge >= 0.3 is 0 Å². The summed E-state index contributed by atoms with van der Waals surface area (Å²) in [6, 6.07) is 14.3. The molecule has 1 aromatic heterocycles. The Bertz CT molecular complexity index is 1270. The van der Waals surface area contributed by atoms with E-state index in [2.05, 4.69) is 10.3 Å². The number of amides is 1. The van der Waals surface area contributed by atoms with Crippen LogP contribution < -0.4 is 10.1 Å². The van der Waals surface area contributed by atoms with E-state index in [0.29, 0.717) is 17.0 Å². The molecule has 1 N–H and O–H groups in total. The van der Waals surface area contributed by atoms with Gasteiger partial charge in [0.15, 0.2) is 9.84 Å². The van der Waals surface area contributed by atoms with E-state index in [1.54, 1.807) is 37.3 Å². The number of aromatic nitrogens is 1. The van der Waals surface area contributed by atoms with Crippen molar-refractivity contribution in [1.29, 1.82) is 5.26 Å². The molecule has 3 rings (SSSR count). The molecule has 9 heteroatoms. The molecule has 1 heterocycles. The predicted molar refractivity (Wildman–Crippen MR) is 112 cm³/mol. The standard InChI is InChI=1S/C22H18FN3O4S/c1-14-12-18(30-22-16(13-24)4-3-11-25-22)7-10-20(14)26-21(27)15(2)31(28,29)19-8-5-17(23)6-9-19/h3-12,15H,1-2H3,(H,26,27). The Labute approximate surface area is 179 Å². The third-order valence-corrected chi connectivity index (χ3v) is 6.61. The second-order valence-corrected chi connectivity index (χ2v) is 8.95. The van der Waals surface area contributed by atoms with Gasteiger partial charge < -0.3 is 10.1 Å². The summed E-state index contributed by atoms with van der Waals surface area (Å²) in [5.41, 5.74) is 1.30. The van der Waals surface area contributed by atoms with E-state index < -0.39 is 26.8 Å². The normalized spacial score (nSPS) is 11.9. The number of nitrogens with one attached hydrogen (secondary N) is 1. The zero-order valence-electron chi connectivity index (χ0n) is 16.7. The van der Waals surface area contributed by atoms with Crippen molar-refractivity contribution in [2.24, 2.45) is 0 Å². The largest absolute Gasteiger partial charge is 0.438 e. The van der Waals surface area contributed by atoms with E-state index in [1.165, 1.54) is 13.1 Å². The molecule has 158 valence electrons. The lowest BCUT2D eigenvalue weighted by atomic mass is 10.2. The lowest BCUT2D eigenvalue weighted by molar-refractivity contribution is -0.115. The number of nitriles is 1. The van der Waals surface area contributed by atoms with Gasteiger partial charge in [0.05, 0.1) is 4.90 Å². The highest BCUT2D eigenvalue weighted by Gasteiger charge is 2.30. The van der Waals surface area contributed by atoms with Gasteiger partial charge in [0.1, 0.15) is 28.4 Å². The van der Waals surface area contributed by atoms with E-state index in [1.807, 2.05) is 6.07 Å². The van der Waals surface area contributed by atoms with Crippen molar-refractivity contribution in [3.05, 3.63) is 77.7 Å². The number of aryl methyl sites for hydroxylation is 1. The van der Waals surface area contributed by atoms with Gasteiger partial charge in [-0.1, -0.05) is 0 Å². The van der Waals surface area contributed by atoms with Gasteiger partial charge in [-0.25, -0.2) is 17.8 Å². The molecule has 3 aromatic rings. The quantitative estimate of drug-likeness (QED) is 0.582. The molecule has 0 aliphatic rings. The molecule has 0 fully saturated rings. The van der Waals surface area contributed by atoms with Crippen LogP contribution in [0.5, 0.6) is 11.6 Å². The number of nitrogens with zero attached hydrogens (tertiary/aromatic N) is 2. The summed E-state index contributed by atoms with van der Waals surface area (Å²) in [4.78, 5) is 16.5. The van der Waals surface area contributed by atoms with Crippen LogP contribution in [0.1, 0.15) is 18.1 Å². The van der Waals surface area contributed by atoms with Crippen molar-refractivity contribution >= 4 is 21.4 Å². The van der Waals surface area contributed by atoms with Crippen LogP contribution in [0.2, 0.25) is 0 Å². The van der Waals surface area contributed by atoms with Crippen LogP contribution >= 0.6 is 0 Å². The van der Waals surface area contributed by atoms with Gasteiger partial charge in [-0.15, -0.1) is 0 Å². The van der Waals surface area contributed by atoms with Crippen molar-refractivity contribution in [2.75, 3.05) is 5.32 Å². The van der Waals surface area contributed by atoms with E-state index in [0.717, 1.165) is 24.3 Å². The minimum absolute atomic E-state index is 0.138. The first-order valence-electron chi connectivity index (χ1n) is 9.16. The highest BCUT2D eigenvalue weighted by molar-refractivity contribution is 7.92. The number of anilines is 1. The maximum absolute atomic E-state index is 13.1. The molecule has 0 saturated carbocycles. The van der Waals surface area contributed by atoms with Crippen molar-refractivity contribution in [3.63, 3.8) is 0 Å². The van der Waals surface area contributed by atoms with Gasteiger partial charge in [0.2, 0.25) is 11.8 Å². The van der Waals surface area contributed by atoms with Crippen molar-refractivity contribution in [3.8, 4) is 17.7 Å². The first-order chi connectivity index (χ1) is 14.7. The smallest absolute Gasteiger partial charge is 0.242 e. The van der Waals surface area contributed by atoms with Gasteiger partial charge in [0.25, 0.3) is 0 Å². The average Bonchev–Trinajstić information content (AvgIpc) is 2.75. The van der Waals surface area contributed by atoms with Crippen LogP contribution in [0.25, 0.3) is 0 Å². The summed E-state index contributed by atoms with van der Waals surface area (Å²) in [6.07, 6.45) is 1.50. The summed E-state index contributed by atoms with van der Waals surface area (Å²) in [5.74, 6) is -0.739. The fourth-order valence-corrected chi connectivity index (χ4v) is 3.98. The van der Waals surface area contributed by atoms with E-state index in [9.17, 15) is 17.6 Å². The SMILES string of the molecule is Cc1cc(Oc2ncccc2C#N)ccc1NC(=O)C(C)S(=O)(=O)c1ccc(F)cc1. The van der Waals surface area contributed by atoms with Crippen LogP contribution in [0.3, 0.4) is 0 Å². The molecule has 1 amide bonds. The van der Waals surface area contributed by atoms with Gasteiger partial charge in [-0.3, -0.25) is 4.79 Å². The van der Waals surface area contributed by atoms with Crippen LogP contribution in [0.15, 0.2) is 65.7 Å². The third-order valence-electron chi connectivity index (χ3n) is 4.54. The number of halogens is 1. The number of hydrogen-bond acceptors (Lipinski definition) is 6. The van der Waals surface area contributed by atoms with Crippen LogP contribution in [0.4, 0.5) is 10.1 Å². The molecule has 0 bridgehead atoms. The second kappa shape index (κ2) is 8.93. The fraction of sp³-hybridized carbons (Fsp3) is 0.136. The fourth-order valence-electron chi connectivity index (χ4n) is 2.71. The minimum atomic E-state index is -3.99. The molecular weight excluding hydrogens is 421 g/mol. The molecule has 7 nitrogen and oxygen atoms in total. The first-order valence-corrected chi connectivity index (χ1v) is 10.7. The number of sulfone groups is 1. The van der Waals surface area contributed by atoms with Gasteiger partial charge in [-0.05, 0) is 74.0 Å². The molecule has 1 atom stereocenters. The predicted octanol–water partition coefficient (Wildman–Crippen LogP) is 3.99. The van der Waals surface area contributed by atoms with Gasteiger partial charge in [0, 0.05) is 11.9 Å². The Morgan fingerprint density at radius 2 is 1.90 bits per heavy atom. The summed E-state index contributed by atoms with van der Waals surface area (Å²) in [7, 11) is -3.99. The number of ether oxygens (including phenoxy) is 1. The molecular formula is C22H18FN3O4S. The average molecular weight is 439 g/mol. The first kappa shape index (κ1) is 21.9. The number of hydrogen-bond donors (Lipinski definition) is 1. The van der Waals surface area contributed by atoms with Crippen molar-refractivity contribution in [1.82, 2.24) is 4.98 Å². The number of pyridine rings is 1. The van der Waals surface area contributed by atoms with Crippen LogP contribution in [-0.2, 0) is 14.6 Å². The third kappa shape index (κ3) is 4.87. The number of rotatable bonds is 6. The van der Waals surface area contributed by atoms with E-state index >= 15 is 0 Å². The lowest BCUT2D eigenvalue weighted by Crippen LogP contribution is -2.32. The minimum Gasteiger partial charge on any atom is -0.438 e. The molecule has 2 aromatic carbocycles. The number of benzene rings is 2. The lowest BCUT2D eigenvalue weighted by Gasteiger charge is -2.15. The zero-order valence-corrected chi connectivity index (χ0v) is 17.5. The maximum Gasteiger partial charge on any atom is 0.242 e. The van der Waals surface area contributed by atoms with Gasteiger partial charge in [-0.2, -0.15) is 5.26 Å². The Kier molecular flexibility index (Phi) is 6.32. The molecule has 31 heavy (non-hydrogen) atoms. The molecule has 0 aliphatic heterocycles. The second-order valence-electron chi connectivity index (χ2n) is 6.68. The van der Waals surface area contributed by atoms with Crippen LogP contribution in [0, 0.1) is 24.1 Å². The van der Waals surface area contributed by atoms with E-state index in [4.69, 9.17) is 10.00 Å². The molecule has 0 aliphatic carbocycles. The number of carbonyl (C=O) groups excluding carboxylic acids is 1. The highest BCUT2D eigenvalue weighted by atomic mass is 32.2. The van der Waals surface area contributed by atoms with Crippen molar-refractivity contribution < 1.29 is 22.3 Å². The Balaban J connectivity index is 1.76. The summed E-state index contributed by atoms with van der Waals surface area (Å²) in [6.45, 7) is 2.98.